The molecule has 10 heteroatoms. The number of amides is 1. The molecule has 0 aromatic heterocycles. The van der Waals surface area contributed by atoms with Crippen molar-refractivity contribution in [2.45, 2.75) is 31.2 Å². The Morgan fingerprint density at radius 3 is 2.27 bits per heavy atom. The van der Waals surface area contributed by atoms with Crippen molar-refractivity contribution in [3.63, 3.8) is 0 Å². The first kappa shape index (κ1) is 19.8. The number of Topliss-reactive ketones (excluding diaryl/α,β-unsaturated/α-hetero) is 1. The van der Waals surface area contributed by atoms with Gasteiger partial charge in [0.25, 0.3) is 17.4 Å². The lowest BCUT2D eigenvalue weighted by Crippen LogP contribution is -2.47. The zero-order valence-electron chi connectivity index (χ0n) is 16.2. The molecule has 30 heavy (non-hydrogen) atoms. The second-order valence-corrected chi connectivity index (χ2v) is 9.15. The van der Waals surface area contributed by atoms with Gasteiger partial charge in [-0.15, -0.1) is 0 Å². The molecule has 4 rings (SSSR count). The number of hydrogen-bond donors (Lipinski definition) is 0. The standard InChI is InChI=1S/C20H16N2O7S/c1-11-10-20(2,3)21-17-15(11)8-13(9-16(17)18(23)19(21)24)29-30(27,28)14-6-4-12(5-7-14)22(25)26/h4-10H,1-3H3. The smallest absolute Gasteiger partial charge is 0.339 e. The molecule has 2 aliphatic heterocycles. The van der Waals surface area contributed by atoms with E-state index in [1.165, 1.54) is 17.0 Å². The van der Waals surface area contributed by atoms with Crippen molar-refractivity contribution in [3.05, 3.63) is 63.7 Å². The molecule has 0 spiro atoms. The number of allylic oxidation sites excluding steroid dienone is 1. The fourth-order valence-electron chi connectivity index (χ4n) is 3.82. The number of benzene rings is 2. The predicted octanol–water partition coefficient (Wildman–Crippen LogP) is 3.09. The third-order valence-corrected chi connectivity index (χ3v) is 6.32. The third kappa shape index (κ3) is 2.88. The van der Waals surface area contributed by atoms with Gasteiger partial charge in [0, 0.05) is 17.7 Å². The van der Waals surface area contributed by atoms with E-state index in [1.807, 2.05) is 19.9 Å². The predicted molar refractivity (Wildman–Crippen MR) is 107 cm³/mol. The van der Waals surface area contributed by atoms with Gasteiger partial charge in [0.1, 0.15) is 10.6 Å². The molecule has 0 N–H and O–H groups in total. The molecule has 2 aliphatic rings. The van der Waals surface area contributed by atoms with Crippen LogP contribution in [0.25, 0.3) is 5.57 Å². The first-order chi connectivity index (χ1) is 13.9. The Kier molecular flexibility index (Phi) is 4.11. The zero-order valence-corrected chi connectivity index (χ0v) is 17.0. The fourth-order valence-corrected chi connectivity index (χ4v) is 4.74. The van der Waals surface area contributed by atoms with Crippen LogP contribution in [-0.2, 0) is 14.9 Å². The van der Waals surface area contributed by atoms with E-state index < -0.39 is 32.3 Å². The normalized spacial score (nSPS) is 16.9. The summed E-state index contributed by atoms with van der Waals surface area (Å²) in [5, 5.41) is 10.8. The zero-order chi connectivity index (χ0) is 22.0. The molecule has 9 nitrogen and oxygen atoms in total. The van der Waals surface area contributed by atoms with Gasteiger partial charge in [0.05, 0.1) is 21.7 Å². The fraction of sp³-hybridized carbons (Fsp3) is 0.200. The largest absolute Gasteiger partial charge is 0.379 e. The highest BCUT2D eigenvalue weighted by atomic mass is 32.2. The van der Waals surface area contributed by atoms with E-state index in [0.717, 1.165) is 29.8 Å². The van der Waals surface area contributed by atoms with Crippen LogP contribution in [0.4, 0.5) is 11.4 Å². The van der Waals surface area contributed by atoms with E-state index in [-0.39, 0.29) is 21.9 Å². The van der Waals surface area contributed by atoms with Crippen molar-refractivity contribution in [2.75, 3.05) is 4.90 Å². The maximum absolute atomic E-state index is 12.6. The lowest BCUT2D eigenvalue weighted by molar-refractivity contribution is -0.384. The second-order valence-electron chi connectivity index (χ2n) is 7.61. The number of nitro benzene ring substituents is 1. The number of carbonyl (C=O) groups excluding carboxylic acids is 2. The van der Waals surface area contributed by atoms with Crippen LogP contribution in [-0.4, -0.2) is 30.6 Å². The number of nitro groups is 1. The summed E-state index contributed by atoms with van der Waals surface area (Å²) in [6.07, 6.45) is 1.82. The molecule has 0 atom stereocenters. The highest BCUT2D eigenvalue weighted by molar-refractivity contribution is 7.87. The van der Waals surface area contributed by atoms with Crippen LogP contribution >= 0.6 is 0 Å². The molecule has 1 amide bonds. The molecule has 0 aliphatic carbocycles. The lowest BCUT2D eigenvalue weighted by atomic mass is 9.89. The number of carbonyl (C=O) groups is 2. The summed E-state index contributed by atoms with van der Waals surface area (Å²) in [6.45, 7) is 5.42. The molecular formula is C20H16N2O7S. The van der Waals surface area contributed by atoms with Gasteiger partial charge in [0.15, 0.2) is 0 Å². The van der Waals surface area contributed by atoms with Gasteiger partial charge in [-0.3, -0.25) is 24.6 Å². The van der Waals surface area contributed by atoms with Gasteiger partial charge in [-0.25, -0.2) is 0 Å². The molecule has 0 unspecified atom stereocenters. The second kappa shape index (κ2) is 6.23. The maximum Gasteiger partial charge on any atom is 0.339 e. The highest BCUT2D eigenvalue weighted by Gasteiger charge is 2.47. The molecule has 0 bridgehead atoms. The molecule has 2 heterocycles. The quantitative estimate of drug-likeness (QED) is 0.317. The Morgan fingerprint density at radius 1 is 1.07 bits per heavy atom. The van der Waals surface area contributed by atoms with E-state index in [2.05, 4.69) is 0 Å². The Morgan fingerprint density at radius 2 is 1.67 bits per heavy atom. The monoisotopic (exact) mass is 428 g/mol. The SMILES string of the molecule is CC1=CC(C)(C)N2C(=O)C(=O)c3cc(OS(=O)(=O)c4ccc([N+](=O)[O-])cc4)cc1c32. The van der Waals surface area contributed by atoms with Crippen molar-refractivity contribution >= 4 is 38.8 Å². The highest BCUT2D eigenvalue weighted by Crippen LogP contribution is 2.47. The van der Waals surface area contributed by atoms with Crippen LogP contribution in [0.1, 0.15) is 36.7 Å². The summed E-state index contributed by atoms with van der Waals surface area (Å²) in [7, 11) is -4.32. The minimum atomic E-state index is -4.32. The molecule has 0 saturated heterocycles. The van der Waals surface area contributed by atoms with Gasteiger partial charge < -0.3 is 4.18 Å². The summed E-state index contributed by atoms with van der Waals surface area (Å²) < 4.78 is 30.4. The molecule has 2 aromatic carbocycles. The van der Waals surface area contributed by atoms with Gasteiger partial charge in [-0.1, -0.05) is 6.08 Å². The minimum Gasteiger partial charge on any atom is -0.379 e. The van der Waals surface area contributed by atoms with Crippen molar-refractivity contribution in [1.82, 2.24) is 0 Å². The van der Waals surface area contributed by atoms with E-state index in [0.29, 0.717) is 11.3 Å². The molecule has 0 fully saturated rings. The number of anilines is 1. The van der Waals surface area contributed by atoms with Gasteiger partial charge in [-0.2, -0.15) is 8.42 Å². The van der Waals surface area contributed by atoms with Crippen LogP contribution in [0.5, 0.6) is 5.75 Å². The van der Waals surface area contributed by atoms with Gasteiger partial charge >= 0.3 is 10.1 Å². The molecular weight excluding hydrogens is 412 g/mol. The van der Waals surface area contributed by atoms with Crippen molar-refractivity contribution < 1.29 is 27.1 Å². The van der Waals surface area contributed by atoms with Crippen LogP contribution in [0, 0.1) is 10.1 Å². The number of nitrogens with zero attached hydrogens (tertiary/aromatic N) is 2. The van der Waals surface area contributed by atoms with Crippen LogP contribution in [0.3, 0.4) is 0 Å². The van der Waals surface area contributed by atoms with Gasteiger partial charge in [0.2, 0.25) is 0 Å². The summed E-state index contributed by atoms with van der Waals surface area (Å²) in [6, 6.07) is 6.93. The average molecular weight is 428 g/mol. The summed E-state index contributed by atoms with van der Waals surface area (Å²) in [5.74, 6) is -1.55. The van der Waals surface area contributed by atoms with E-state index >= 15 is 0 Å². The van der Waals surface area contributed by atoms with Crippen LogP contribution in [0.2, 0.25) is 0 Å². The third-order valence-electron chi connectivity index (χ3n) is 5.06. The number of hydrogen-bond acceptors (Lipinski definition) is 7. The Hall–Kier alpha value is -3.53. The molecule has 0 saturated carbocycles. The lowest BCUT2D eigenvalue weighted by Gasteiger charge is -2.38. The van der Waals surface area contributed by atoms with E-state index in [9.17, 15) is 28.1 Å². The van der Waals surface area contributed by atoms with Crippen molar-refractivity contribution in [2.24, 2.45) is 0 Å². The Balaban J connectivity index is 1.78. The van der Waals surface area contributed by atoms with E-state index in [4.69, 9.17) is 4.18 Å². The molecule has 0 radical (unpaired) electrons. The number of rotatable bonds is 4. The summed E-state index contributed by atoms with van der Waals surface area (Å²) in [4.78, 5) is 36.3. The minimum absolute atomic E-state index is 0.0759. The Labute approximate surface area is 171 Å². The number of ketones is 1. The summed E-state index contributed by atoms with van der Waals surface area (Å²) in [5.41, 5.74) is 0.848. The van der Waals surface area contributed by atoms with E-state index in [1.54, 1.807) is 6.92 Å². The molecule has 154 valence electrons. The topological polar surface area (TPSA) is 124 Å². The Bertz CT molecular complexity index is 1270. The maximum atomic E-state index is 12.6. The first-order valence-corrected chi connectivity index (χ1v) is 10.3. The number of non-ortho nitro benzene ring substituents is 1. The van der Waals surface area contributed by atoms with Crippen molar-refractivity contribution in [3.8, 4) is 5.75 Å². The van der Waals surface area contributed by atoms with Crippen LogP contribution < -0.4 is 9.08 Å². The average Bonchev–Trinajstić information content (AvgIpc) is 2.91. The van der Waals surface area contributed by atoms with Gasteiger partial charge in [-0.05, 0) is 50.6 Å². The summed E-state index contributed by atoms with van der Waals surface area (Å²) >= 11 is 0. The molecule has 2 aromatic rings. The first-order valence-electron chi connectivity index (χ1n) is 8.88. The van der Waals surface area contributed by atoms with Crippen molar-refractivity contribution in [1.29, 1.82) is 0 Å². The van der Waals surface area contributed by atoms with Crippen LogP contribution in [0.15, 0.2) is 47.4 Å².